The van der Waals surface area contributed by atoms with E-state index in [0.717, 1.165) is 24.2 Å². The lowest BCUT2D eigenvalue weighted by atomic mass is 10.2. The Morgan fingerprint density at radius 1 is 1.44 bits per heavy atom. The summed E-state index contributed by atoms with van der Waals surface area (Å²) < 4.78 is 0. The van der Waals surface area contributed by atoms with Crippen molar-refractivity contribution in [1.82, 2.24) is 15.0 Å². The van der Waals surface area contributed by atoms with Crippen molar-refractivity contribution in [2.75, 3.05) is 5.43 Å². The lowest BCUT2D eigenvalue weighted by molar-refractivity contribution is 0.874. The number of nitrogens with two attached hydrogens (primary N) is 1. The van der Waals surface area contributed by atoms with Crippen LogP contribution < -0.4 is 11.3 Å². The minimum Gasteiger partial charge on any atom is -0.308 e. The van der Waals surface area contributed by atoms with E-state index in [0.29, 0.717) is 11.6 Å². The smallest absolute Gasteiger partial charge is 0.181 e. The SMILES string of the molecule is CCCc1cc(NN)nc(-c2cscn2)n1. The second-order valence-electron chi connectivity index (χ2n) is 3.34. The van der Waals surface area contributed by atoms with Gasteiger partial charge < -0.3 is 5.43 Å². The van der Waals surface area contributed by atoms with E-state index in [-0.39, 0.29) is 0 Å². The van der Waals surface area contributed by atoms with Gasteiger partial charge in [-0.2, -0.15) is 0 Å². The lowest BCUT2D eigenvalue weighted by Crippen LogP contribution is -2.10. The van der Waals surface area contributed by atoms with Crippen LogP contribution >= 0.6 is 11.3 Å². The second kappa shape index (κ2) is 5.00. The standard InChI is InChI=1S/C10H13N5S/c1-2-3-7-4-9(15-11)14-10(13-7)8-5-16-6-12-8/h4-6H,2-3,11H2,1H3,(H,13,14,15). The zero-order valence-electron chi connectivity index (χ0n) is 8.97. The van der Waals surface area contributed by atoms with Crippen molar-refractivity contribution < 1.29 is 0 Å². The normalized spacial score (nSPS) is 10.4. The number of nitrogens with zero attached hydrogens (tertiary/aromatic N) is 3. The summed E-state index contributed by atoms with van der Waals surface area (Å²) in [6.45, 7) is 2.11. The van der Waals surface area contributed by atoms with Crippen LogP contribution in [0.15, 0.2) is 17.0 Å². The van der Waals surface area contributed by atoms with Gasteiger partial charge in [0.15, 0.2) is 5.82 Å². The number of aromatic nitrogens is 3. The number of nitrogen functional groups attached to an aromatic ring is 1. The van der Waals surface area contributed by atoms with Crippen LogP contribution in [-0.4, -0.2) is 15.0 Å². The number of hydrogen-bond acceptors (Lipinski definition) is 6. The maximum Gasteiger partial charge on any atom is 0.181 e. The molecule has 6 heteroatoms. The molecule has 0 fully saturated rings. The molecule has 0 bridgehead atoms. The molecule has 0 aromatic carbocycles. The molecule has 84 valence electrons. The Labute approximate surface area is 97.7 Å². The van der Waals surface area contributed by atoms with Crippen molar-refractivity contribution in [2.45, 2.75) is 19.8 Å². The van der Waals surface area contributed by atoms with Crippen molar-refractivity contribution in [3.05, 3.63) is 22.7 Å². The Kier molecular flexibility index (Phi) is 3.43. The van der Waals surface area contributed by atoms with Crippen molar-refractivity contribution >= 4 is 17.2 Å². The van der Waals surface area contributed by atoms with Crippen molar-refractivity contribution in [3.63, 3.8) is 0 Å². The maximum absolute atomic E-state index is 5.38. The van der Waals surface area contributed by atoms with Crippen LogP contribution in [0.1, 0.15) is 19.0 Å². The van der Waals surface area contributed by atoms with Gasteiger partial charge in [0, 0.05) is 17.1 Å². The quantitative estimate of drug-likeness (QED) is 0.624. The molecule has 2 aromatic heterocycles. The minimum absolute atomic E-state index is 0.625. The predicted molar refractivity (Wildman–Crippen MR) is 64.9 cm³/mol. The molecule has 0 amide bonds. The first-order valence-electron chi connectivity index (χ1n) is 5.06. The van der Waals surface area contributed by atoms with Gasteiger partial charge in [-0.15, -0.1) is 11.3 Å². The lowest BCUT2D eigenvalue weighted by Gasteiger charge is -2.05. The molecule has 0 unspecified atom stereocenters. The molecule has 0 aliphatic carbocycles. The summed E-state index contributed by atoms with van der Waals surface area (Å²) in [5, 5.41) is 1.92. The van der Waals surface area contributed by atoms with Gasteiger partial charge in [0.1, 0.15) is 11.5 Å². The van der Waals surface area contributed by atoms with Gasteiger partial charge in [-0.1, -0.05) is 13.3 Å². The van der Waals surface area contributed by atoms with E-state index in [1.165, 1.54) is 11.3 Å². The average molecular weight is 235 g/mol. The average Bonchev–Trinajstić information content (AvgIpc) is 2.82. The fraction of sp³-hybridized carbons (Fsp3) is 0.300. The molecule has 0 atom stereocenters. The highest BCUT2D eigenvalue weighted by Gasteiger charge is 2.07. The molecular formula is C10H13N5S. The molecule has 3 N–H and O–H groups in total. The number of nitrogens with one attached hydrogen (secondary N) is 1. The van der Waals surface area contributed by atoms with Crippen molar-refractivity contribution in [1.29, 1.82) is 0 Å². The number of hydrogen-bond donors (Lipinski definition) is 2. The number of hydrazine groups is 1. The highest BCUT2D eigenvalue weighted by atomic mass is 32.1. The second-order valence-corrected chi connectivity index (χ2v) is 4.05. The monoisotopic (exact) mass is 235 g/mol. The third-order valence-corrected chi connectivity index (χ3v) is 2.68. The molecule has 5 nitrogen and oxygen atoms in total. The molecule has 0 aliphatic rings. The van der Waals surface area contributed by atoms with Gasteiger partial charge in [0.2, 0.25) is 0 Å². The summed E-state index contributed by atoms with van der Waals surface area (Å²) in [6.07, 6.45) is 1.95. The fourth-order valence-electron chi connectivity index (χ4n) is 1.39. The van der Waals surface area contributed by atoms with Gasteiger partial charge >= 0.3 is 0 Å². The fourth-order valence-corrected chi connectivity index (χ4v) is 1.92. The van der Waals surface area contributed by atoms with Crippen molar-refractivity contribution in [3.8, 4) is 11.5 Å². The van der Waals surface area contributed by atoms with E-state index in [1.54, 1.807) is 5.51 Å². The summed E-state index contributed by atoms with van der Waals surface area (Å²) >= 11 is 1.52. The van der Waals surface area contributed by atoms with E-state index in [1.807, 2.05) is 11.4 Å². The Morgan fingerprint density at radius 3 is 2.94 bits per heavy atom. The first-order valence-corrected chi connectivity index (χ1v) is 6.01. The summed E-state index contributed by atoms with van der Waals surface area (Å²) in [7, 11) is 0. The van der Waals surface area contributed by atoms with Gasteiger partial charge in [-0.3, -0.25) is 0 Å². The highest BCUT2D eigenvalue weighted by Crippen LogP contribution is 2.18. The summed E-state index contributed by atoms with van der Waals surface area (Å²) in [5.74, 6) is 6.63. The van der Waals surface area contributed by atoms with Crippen molar-refractivity contribution in [2.24, 2.45) is 5.84 Å². The van der Waals surface area contributed by atoms with E-state index in [2.05, 4.69) is 27.3 Å². The van der Waals surface area contributed by atoms with E-state index >= 15 is 0 Å². The Bertz CT molecular complexity index is 454. The van der Waals surface area contributed by atoms with Crippen LogP contribution in [0.25, 0.3) is 11.5 Å². The van der Waals surface area contributed by atoms with Crippen LogP contribution in [0, 0.1) is 0 Å². The molecule has 16 heavy (non-hydrogen) atoms. The van der Waals surface area contributed by atoms with Crippen LogP contribution in [0.3, 0.4) is 0 Å². The molecule has 0 aliphatic heterocycles. The minimum atomic E-state index is 0.625. The first kappa shape index (κ1) is 11.0. The summed E-state index contributed by atoms with van der Waals surface area (Å²) in [4.78, 5) is 12.9. The number of rotatable bonds is 4. The molecule has 0 radical (unpaired) electrons. The van der Waals surface area contributed by atoms with Crippen LogP contribution in [0.5, 0.6) is 0 Å². The Morgan fingerprint density at radius 2 is 2.31 bits per heavy atom. The summed E-state index contributed by atoms with van der Waals surface area (Å²) in [5.41, 5.74) is 6.09. The van der Waals surface area contributed by atoms with Gasteiger partial charge in [-0.05, 0) is 6.42 Å². The Hall–Kier alpha value is -1.53. The van der Waals surface area contributed by atoms with E-state index < -0.39 is 0 Å². The molecule has 0 spiro atoms. The molecular weight excluding hydrogens is 222 g/mol. The molecule has 2 aromatic rings. The van der Waals surface area contributed by atoms with Gasteiger partial charge in [0.25, 0.3) is 0 Å². The van der Waals surface area contributed by atoms with Crippen LogP contribution in [0.2, 0.25) is 0 Å². The zero-order valence-corrected chi connectivity index (χ0v) is 9.79. The van der Waals surface area contributed by atoms with Gasteiger partial charge in [-0.25, -0.2) is 20.8 Å². The zero-order chi connectivity index (χ0) is 11.4. The topological polar surface area (TPSA) is 76.7 Å². The number of aryl methyl sites for hydroxylation is 1. The molecule has 2 heterocycles. The molecule has 0 saturated heterocycles. The maximum atomic E-state index is 5.38. The number of thiazole rings is 1. The predicted octanol–water partition coefficient (Wildman–Crippen LogP) is 1.84. The third kappa shape index (κ3) is 2.34. The van der Waals surface area contributed by atoms with Crippen LogP contribution in [-0.2, 0) is 6.42 Å². The van der Waals surface area contributed by atoms with Gasteiger partial charge in [0.05, 0.1) is 5.51 Å². The highest BCUT2D eigenvalue weighted by molar-refractivity contribution is 7.07. The molecule has 2 rings (SSSR count). The van der Waals surface area contributed by atoms with E-state index in [9.17, 15) is 0 Å². The largest absolute Gasteiger partial charge is 0.308 e. The number of anilines is 1. The van der Waals surface area contributed by atoms with Crippen LogP contribution in [0.4, 0.5) is 5.82 Å². The summed E-state index contributed by atoms with van der Waals surface area (Å²) in [6, 6.07) is 1.86. The van der Waals surface area contributed by atoms with E-state index in [4.69, 9.17) is 5.84 Å². The Balaban J connectivity index is 2.41. The molecule has 0 saturated carbocycles. The third-order valence-electron chi connectivity index (χ3n) is 2.09. The first-order chi connectivity index (χ1) is 7.83.